The van der Waals surface area contributed by atoms with Crippen LogP contribution in [-0.2, 0) is 4.79 Å². The van der Waals surface area contributed by atoms with Gasteiger partial charge in [-0.1, -0.05) is 19.3 Å². The van der Waals surface area contributed by atoms with Gasteiger partial charge in [0.25, 0.3) is 0 Å². The fourth-order valence-electron chi connectivity index (χ4n) is 2.65. The van der Waals surface area contributed by atoms with E-state index in [4.69, 9.17) is 0 Å². The quantitative estimate of drug-likeness (QED) is 0.724. The van der Waals surface area contributed by atoms with E-state index in [1.165, 1.54) is 19.3 Å². The van der Waals surface area contributed by atoms with Gasteiger partial charge in [0.15, 0.2) is 0 Å². The lowest BCUT2D eigenvalue weighted by Gasteiger charge is -2.27. The van der Waals surface area contributed by atoms with Gasteiger partial charge in [-0.2, -0.15) is 0 Å². The molecule has 0 aromatic heterocycles. The van der Waals surface area contributed by atoms with Crippen LogP contribution < -0.4 is 10.6 Å². The number of hydrogen-bond acceptors (Lipinski definition) is 2. The first-order valence-electron chi connectivity index (χ1n) is 6.37. The van der Waals surface area contributed by atoms with Crippen LogP contribution in [-0.4, -0.2) is 25.0 Å². The summed E-state index contributed by atoms with van der Waals surface area (Å²) in [7, 11) is 0. The second-order valence-electron chi connectivity index (χ2n) is 4.87. The van der Waals surface area contributed by atoms with Crippen molar-refractivity contribution in [3.63, 3.8) is 0 Å². The molecule has 2 aliphatic rings. The monoisotopic (exact) mass is 210 g/mol. The molecule has 1 aliphatic carbocycles. The Morgan fingerprint density at radius 3 is 2.33 bits per heavy atom. The smallest absolute Gasteiger partial charge is 0.223 e. The van der Waals surface area contributed by atoms with Gasteiger partial charge < -0.3 is 10.6 Å². The standard InChI is InChI=1S/C12H22N2O/c15-12(10-4-2-1-3-5-10)14-11-6-8-13-9-7-11/h10-11,13H,1-9H2,(H,14,15). The van der Waals surface area contributed by atoms with Gasteiger partial charge >= 0.3 is 0 Å². The highest BCUT2D eigenvalue weighted by Gasteiger charge is 2.23. The molecular formula is C12H22N2O. The summed E-state index contributed by atoms with van der Waals surface area (Å²) in [6.07, 6.45) is 8.20. The minimum Gasteiger partial charge on any atom is -0.353 e. The maximum Gasteiger partial charge on any atom is 0.223 e. The van der Waals surface area contributed by atoms with Crippen LogP contribution in [0.5, 0.6) is 0 Å². The predicted molar refractivity (Wildman–Crippen MR) is 60.6 cm³/mol. The van der Waals surface area contributed by atoms with Gasteiger partial charge in [0.2, 0.25) is 5.91 Å². The topological polar surface area (TPSA) is 41.1 Å². The molecule has 0 bridgehead atoms. The summed E-state index contributed by atoms with van der Waals surface area (Å²) < 4.78 is 0. The van der Waals surface area contributed by atoms with Gasteiger partial charge in [-0.3, -0.25) is 4.79 Å². The maximum atomic E-state index is 11.9. The molecule has 1 saturated heterocycles. The minimum absolute atomic E-state index is 0.314. The molecule has 0 aromatic rings. The van der Waals surface area contributed by atoms with Gasteiger partial charge in [-0.25, -0.2) is 0 Å². The van der Waals surface area contributed by atoms with Crippen molar-refractivity contribution in [3.8, 4) is 0 Å². The van der Waals surface area contributed by atoms with Crippen molar-refractivity contribution >= 4 is 5.91 Å². The van der Waals surface area contributed by atoms with E-state index in [2.05, 4.69) is 10.6 Å². The van der Waals surface area contributed by atoms with Gasteiger partial charge in [0.05, 0.1) is 0 Å². The largest absolute Gasteiger partial charge is 0.353 e. The van der Waals surface area contributed by atoms with Gasteiger partial charge in [0.1, 0.15) is 0 Å². The number of rotatable bonds is 2. The number of hydrogen-bond donors (Lipinski definition) is 2. The molecule has 1 saturated carbocycles. The number of carbonyl (C=O) groups excluding carboxylic acids is 1. The first-order valence-corrected chi connectivity index (χ1v) is 6.37. The van der Waals surface area contributed by atoms with Crippen LogP contribution in [0.1, 0.15) is 44.9 Å². The zero-order valence-electron chi connectivity index (χ0n) is 9.43. The molecule has 1 amide bonds. The summed E-state index contributed by atoms with van der Waals surface area (Å²) in [5.74, 6) is 0.634. The summed E-state index contributed by atoms with van der Waals surface area (Å²) >= 11 is 0. The van der Waals surface area contributed by atoms with Crippen LogP contribution >= 0.6 is 0 Å². The Bertz CT molecular complexity index is 206. The fraction of sp³-hybridized carbons (Fsp3) is 0.917. The molecule has 2 fully saturated rings. The van der Waals surface area contributed by atoms with E-state index in [1.54, 1.807) is 0 Å². The van der Waals surface area contributed by atoms with Crippen LogP contribution in [0.15, 0.2) is 0 Å². The molecule has 0 unspecified atom stereocenters. The minimum atomic E-state index is 0.314. The molecule has 0 atom stereocenters. The SMILES string of the molecule is O=C(NC1CCNCC1)C1CCCCC1. The van der Waals surface area contributed by atoms with Gasteiger partial charge in [-0.05, 0) is 38.8 Å². The van der Waals surface area contributed by atoms with Crippen LogP contribution in [0, 0.1) is 5.92 Å². The van der Waals surface area contributed by atoms with Crippen molar-refractivity contribution in [1.29, 1.82) is 0 Å². The normalized spacial score (nSPS) is 25.1. The van der Waals surface area contributed by atoms with Crippen molar-refractivity contribution in [1.82, 2.24) is 10.6 Å². The average Bonchev–Trinajstić information content (AvgIpc) is 2.31. The number of carbonyl (C=O) groups is 1. The van der Waals surface area contributed by atoms with E-state index < -0.39 is 0 Å². The zero-order valence-corrected chi connectivity index (χ0v) is 9.43. The Balaban J connectivity index is 1.74. The molecule has 3 heteroatoms. The number of amides is 1. The molecule has 0 radical (unpaired) electrons. The number of nitrogens with one attached hydrogen (secondary N) is 2. The lowest BCUT2D eigenvalue weighted by atomic mass is 9.88. The van der Waals surface area contributed by atoms with E-state index in [1.807, 2.05) is 0 Å². The molecule has 15 heavy (non-hydrogen) atoms. The molecule has 1 aliphatic heterocycles. The molecule has 2 rings (SSSR count). The molecule has 1 heterocycles. The Morgan fingerprint density at radius 2 is 1.67 bits per heavy atom. The van der Waals surface area contributed by atoms with Crippen molar-refractivity contribution in [2.75, 3.05) is 13.1 Å². The van der Waals surface area contributed by atoms with Gasteiger partial charge in [0, 0.05) is 12.0 Å². The third kappa shape index (κ3) is 3.20. The zero-order chi connectivity index (χ0) is 10.5. The van der Waals surface area contributed by atoms with Crippen molar-refractivity contribution in [3.05, 3.63) is 0 Å². The third-order valence-corrected chi connectivity index (χ3v) is 3.66. The molecule has 86 valence electrons. The predicted octanol–water partition coefficient (Wildman–Crippen LogP) is 1.43. The van der Waals surface area contributed by atoms with Crippen LogP contribution in [0.3, 0.4) is 0 Å². The number of piperidine rings is 1. The Kier molecular flexibility index (Phi) is 4.01. The first kappa shape index (κ1) is 10.9. The molecule has 2 N–H and O–H groups in total. The molecule has 3 nitrogen and oxygen atoms in total. The van der Waals surface area contributed by atoms with Crippen molar-refractivity contribution < 1.29 is 4.79 Å². The van der Waals surface area contributed by atoms with Crippen molar-refractivity contribution in [2.45, 2.75) is 51.0 Å². The maximum absolute atomic E-state index is 11.9. The summed E-state index contributed by atoms with van der Waals surface area (Å²) in [6.45, 7) is 2.10. The third-order valence-electron chi connectivity index (χ3n) is 3.66. The highest BCUT2D eigenvalue weighted by atomic mass is 16.1. The Labute approximate surface area is 92.0 Å². The lowest BCUT2D eigenvalue weighted by Crippen LogP contribution is -2.45. The van der Waals surface area contributed by atoms with E-state index in [-0.39, 0.29) is 0 Å². The average molecular weight is 210 g/mol. The highest BCUT2D eigenvalue weighted by molar-refractivity contribution is 5.79. The summed E-state index contributed by atoms with van der Waals surface area (Å²) in [5.41, 5.74) is 0. The van der Waals surface area contributed by atoms with Crippen LogP contribution in [0.4, 0.5) is 0 Å². The summed E-state index contributed by atoms with van der Waals surface area (Å²) in [5, 5.41) is 6.53. The first-order chi connectivity index (χ1) is 7.36. The summed E-state index contributed by atoms with van der Waals surface area (Å²) in [6, 6.07) is 0.431. The molecule has 0 spiro atoms. The van der Waals surface area contributed by atoms with E-state index in [9.17, 15) is 4.79 Å². The van der Waals surface area contributed by atoms with Gasteiger partial charge in [-0.15, -0.1) is 0 Å². The molecular weight excluding hydrogens is 188 g/mol. The van der Waals surface area contributed by atoms with E-state index >= 15 is 0 Å². The second kappa shape index (κ2) is 5.50. The summed E-state index contributed by atoms with van der Waals surface area (Å²) in [4.78, 5) is 11.9. The fourth-order valence-corrected chi connectivity index (χ4v) is 2.65. The Hall–Kier alpha value is -0.570. The lowest BCUT2D eigenvalue weighted by molar-refractivity contribution is -0.126. The van der Waals surface area contributed by atoms with E-state index in [0.717, 1.165) is 38.8 Å². The molecule has 0 aromatic carbocycles. The highest BCUT2D eigenvalue weighted by Crippen LogP contribution is 2.23. The van der Waals surface area contributed by atoms with E-state index in [0.29, 0.717) is 17.9 Å². The Morgan fingerprint density at radius 1 is 1.00 bits per heavy atom. The van der Waals surface area contributed by atoms with Crippen molar-refractivity contribution in [2.24, 2.45) is 5.92 Å². The van der Waals surface area contributed by atoms with Crippen LogP contribution in [0.25, 0.3) is 0 Å². The van der Waals surface area contributed by atoms with Crippen LogP contribution in [0.2, 0.25) is 0 Å². The second-order valence-corrected chi connectivity index (χ2v) is 4.87.